The zero-order chi connectivity index (χ0) is 9.10. The Morgan fingerprint density at radius 1 is 1.15 bits per heavy atom. The molecule has 1 N–H and O–H groups in total. The van der Waals surface area contributed by atoms with Crippen molar-refractivity contribution >= 4 is 22.7 Å². The van der Waals surface area contributed by atoms with Crippen LogP contribution in [0, 0.1) is 0 Å². The predicted molar refractivity (Wildman–Crippen MR) is 55.1 cm³/mol. The lowest BCUT2D eigenvalue weighted by molar-refractivity contribution is 0.681. The molecule has 3 nitrogen and oxygen atoms in total. The van der Waals surface area contributed by atoms with Gasteiger partial charge in [0.25, 0.3) is 0 Å². The minimum Gasteiger partial charge on any atom is -0.305 e. The molecule has 0 fully saturated rings. The van der Waals surface area contributed by atoms with Crippen molar-refractivity contribution in [1.29, 1.82) is 0 Å². The maximum Gasteiger partial charge on any atom is 0.117 e. The van der Waals surface area contributed by atoms with Crippen LogP contribution in [0.5, 0.6) is 0 Å². The second kappa shape index (κ2) is 3.95. The van der Waals surface area contributed by atoms with Crippen LogP contribution in [-0.4, -0.2) is 17.0 Å². The van der Waals surface area contributed by atoms with E-state index in [1.54, 1.807) is 22.7 Å². The highest BCUT2D eigenvalue weighted by Gasteiger charge is 2.16. The van der Waals surface area contributed by atoms with E-state index in [9.17, 15) is 0 Å². The lowest BCUT2D eigenvalue weighted by Gasteiger charge is -2.08. The molecule has 2 aromatic rings. The second-order valence-corrected chi connectivity index (χ2v) is 4.31. The lowest BCUT2D eigenvalue weighted by atomic mass is 10.3. The molecule has 0 atom stereocenters. The Balaban J connectivity index is 2.29. The fraction of sp³-hybridized carbons (Fsp3) is 0.250. The van der Waals surface area contributed by atoms with Crippen LogP contribution in [-0.2, 0) is 0 Å². The van der Waals surface area contributed by atoms with Crippen LogP contribution < -0.4 is 5.32 Å². The standard InChI is InChI=1S/C8H9N3S2/c1-9-6(7-10-2-4-12-7)8-11-3-5-13-8/h2-6,9H,1H3. The number of aromatic nitrogens is 2. The van der Waals surface area contributed by atoms with Crippen LogP contribution in [0.2, 0.25) is 0 Å². The summed E-state index contributed by atoms with van der Waals surface area (Å²) in [6, 6.07) is 0.153. The van der Waals surface area contributed by atoms with Crippen molar-refractivity contribution < 1.29 is 0 Å². The van der Waals surface area contributed by atoms with Gasteiger partial charge in [0, 0.05) is 23.2 Å². The lowest BCUT2D eigenvalue weighted by Crippen LogP contribution is -2.16. The molecule has 0 aliphatic rings. The number of nitrogens with zero attached hydrogens (tertiary/aromatic N) is 2. The van der Waals surface area contributed by atoms with Crippen LogP contribution in [0.15, 0.2) is 23.2 Å². The van der Waals surface area contributed by atoms with E-state index in [1.807, 2.05) is 30.2 Å². The summed E-state index contributed by atoms with van der Waals surface area (Å²) in [6.07, 6.45) is 3.63. The smallest absolute Gasteiger partial charge is 0.117 e. The molecular weight excluding hydrogens is 202 g/mol. The molecule has 0 saturated carbocycles. The molecule has 0 aliphatic carbocycles. The van der Waals surface area contributed by atoms with Crippen molar-refractivity contribution in [2.45, 2.75) is 6.04 Å². The van der Waals surface area contributed by atoms with E-state index in [4.69, 9.17) is 0 Å². The molecule has 5 heteroatoms. The minimum absolute atomic E-state index is 0.153. The summed E-state index contributed by atoms with van der Waals surface area (Å²) in [5.41, 5.74) is 0. The molecule has 0 unspecified atom stereocenters. The van der Waals surface area contributed by atoms with E-state index >= 15 is 0 Å². The molecule has 2 rings (SSSR count). The van der Waals surface area contributed by atoms with Gasteiger partial charge in [0.1, 0.15) is 16.1 Å². The molecule has 2 aromatic heterocycles. The van der Waals surface area contributed by atoms with Gasteiger partial charge in [-0.15, -0.1) is 22.7 Å². The molecule has 0 spiro atoms. The third-order valence-corrected chi connectivity index (χ3v) is 3.37. The van der Waals surface area contributed by atoms with E-state index in [0.29, 0.717) is 0 Å². The van der Waals surface area contributed by atoms with Gasteiger partial charge in [-0.3, -0.25) is 0 Å². The highest BCUT2D eigenvalue weighted by atomic mass is 32.1. The second-order valence-electron chi connectivity index (χ2n) is 2.46. The quantitative estimate of drug-likeness (QED) is 0.842. The van der Waals surface area contributed by atoms with E-state index in [0.717, 1.165) is 10.0 Å². The highest BCUT2D eigenvalue weighted by Crippen LogP contribution is 2.24. The Labute approximate surface area is 84.5 Å². The third kappa shape index (κ3) is 1.77. The number of rotatable bonds is 3. The molecule has 0 bridgehead atoms. The van der Waals surface area contributed by atoms with E-state index < -0.39 is 0 Å². The Bertz CT molecular complexity index is 307. The fourth-order valence-electron chi connectivity index (χ4n) is 1.11. The summed E-state index contributed by atoms with van der Waals surface area (Å²) >= 11 is 3.29. The number of thiazole rings is 2. The van der Waals surface area contributed by atoms with Crippen molar-refractivity contribution in [2.24, 2.45) is 0 Å². The van der Waals surface area contributed by atoms with Gasteiger partial charge >= 0.3 is 0 Å². The fourth-order valence-corrected chi connectivity index (χ4v) is 2.68. The van der Waals surface area contributed by atoms with Crippen molar-refractivity contribution in [2.75, 3.05) is 7.05 Å². The summed E-state index contributed by atoms with van der Waals surface area (Å²) in [5, 5.41) is 9.30. The maximum atomic E-state index is 4.27. The van der Waals surface area contributed by atoms with Crippen LogP contribution in [0.4, 0.5) is 0 Å². The Kier molecular flexibility index (Phi) is 2.68. The molecule has 68 valence electrons. The van der Waals surface area contributed by atoms with Crippen molar-refractivity contribution in [3.8, 4) is 0 Å². The average Bonchev–Trinajstić information content (AvgIpc) is 2.76. The normalized spacial score (nSPS) is 10.9. The van der Waals surface area contributed by atoms with Gasteiger partial charge in [-0.25, -0.2) is 9.97 Å². The molecule has 2 heterocycles. The first kappa shape index (κ1) is 8.80. The van der Waals surface area contributed by atoms with Gasteiger partial charge in [-0.1, -0.05) is 0 Å². The van der Waals surface area contributed by atoms with Gasteiger partial charge in [0.05, 0.1) is 0 Å². The first-order valence-electron chi connectivity index (χ1n) is 3.88. The topological polar surface area (TPSA) is 37.8 Å². The Hall–Kier alpha value is -0.780. The van der Waals surface area contributed by atoms with Gasteiger partial charge in [0.2, 0.25) is 0 Å². The zero-order valence-electron chi connectivity index (χ0n) is 7.10. The number of hydrogen-bond acceptors (Lipinski definition) is 5. The van der Waals surface area contributed by atoms with Crippen LogP contribution in [0.3, 0.4) is 0 Å². The monoisotopic (exact) mass is 211 g/mol. The third-order valence-electron chi connectivity index (χ3n) is 1.69. The first-order chi connectivity index (χ1) is 6.42. The Morgan fingerprint density at radius 3 is 2.00 bits per heavy atom. The Morgan fingerprint density at radius 2 is 1.69 bits per heavy atom. The van der Waals surface area contributed by atoms with E-state index in [2.05, 4.69) is 15.3 Å². The van der Waals surface area contributed by atoms with Crippen LogP contribution >= 0.6 is 22.7 Å². The molecule has 0 saturated heterocycles. The molecule has 0 radical (unpaired) electrons. The van der Waals surface area contributed by atoms with Crippen molar-refractivity contribution in [3.05, 3.63) is 33.2 Å². The summed E-state index contributed by atoms with van der Waals surface area (Å²) in [6.45, 7) is 0. The summed E-state index contributed by atoms with van der Waals surface area (Å²) in [7, 11) is 1.92. The van der Waals surface area contributed by atoms with Crippen molar-refractivity contribution in [1.82, 2.24) is 15.3 Å². The summed E-state index contributed by atoms with van der Waals surface area (Å²) < 4.78 is 0. The van der Waals surface area contributed by atoms with Crippen LogP contribution in [0.1, 0.15) is 16.1 Å². The maximum absolute atomic E-state index is 4.27. The van der Waals surface area contributed by atoms with Gasteiger partial charge in [0.15, 0.2) is 0 Å². The van der Waals surface area contributed by atoms with Gasteiger partial charge in [-0.2, -0.15) is 0 Å². The van der Waals surface area contributed by atoms with E-state index in [1.165, 1.54) is 0 Å². The minimum atomic E-state index is 0.153. The molecule has 0 aliphatic heterocycles. The molecule has 0 aromatic carbocycles. The number of hydrogen-bond donors (Lipinski definition) is 1. The largest absolute Gasteiger partial charge is 0.305 e. The highest BCUT2D eigenvalue weighted by molar-refractivity contribution is 7.11. The number of nitrogens with one attached hydrogen (secondary N) is 1. The van der Waals surface area contributed by atoms with Crippen LogP contribution in [0.25, 0.3) is 0 Å². The molecule has 13 heavy (non-hydrogen) atoms. The van der Waals surface area contributed by atoms with Gasteiger partial charge in [-0.05, 0) is 7.05 Å². The first-order valence-corrected chi connectivity index (χ1v) is 5.64. The predicted octanol–water partition coefficient (Wildman–Crippen LogP) is 1.91. The SMILES string of the molecule is CNC(c1nccs1)c1nccs1. The summed E-state index contributed by atoms with van der Waals surface area (Å²) in [4.78, 5) is 8.53. The van der Waals surface area contributed by atoms with Gasteiger partial charge < -0.3 is 5.32 Å². The van der Waals surface area contributed by atoms with E-state index in [-0.39, 0.29) is 6.04 Å². The van der Waals surface area contributed by atoms with Crippen molar-refractivity contribution in [3.63, 3.8) is 0 Å². The average molecular weight is 211 g/mol. The molecule has 0 amide bonds. The molecular formula is C8H9N3S2. The zero-order valence-corrected chi connectivity index (χ0v) is 8.73. The summed E-state index contributed by atoms with van der Waals surface area (Å²) in [5.74, 6) is 0.